The third-order valence-corrected chi connectivity index (χ3v) is 6.12. The zero-order valence-corrected chi connectivity index (χ0v) is 17.4. The molecular weight excluding hydrogens is 379 g/mol. The van der Waals surface area contributed by atoms with E-state index < -0.39 is 18.3 Å². The maximum absolute atomic E-state index is 13.3. The normalized spacial score (nSPS) is 21.8. The van der Waals surface area contributed by atoms with E-state index in [1.54, 1.807) is 0 Å². The molecule has 3 rings (SSSR count). The Hall–Kier alpha value is -1.60. The highest BCUT2D eigenvalue weighted by molar-refractivity contribution is 5.95. The van der Waals surface area contributed by atoms with Gasteiger partial charge >= 0.3 is 6.18 Å². The molecule has 1 aliphatic carbocycles. The summed E-state index contributed by atoms with van der Waals surface area (Å²) in [5.41, 5.74) is 0.288. The van der Waals surface area contributed by atoms with E-state index in [1.807, 2.05) is 54.0 Å². The number of anilines is 1. The molecule has 0 bridgehead atoms. The van der Waals surface area contributed by atoms with Gasteiger partial charge in [0.25, 0.3) is 0 Å². The highest BCUT2D eigenvalue weighted by Crippen LogP contribution is 2.29. The third-order valence-electron chi connectivity index (χ3n) is 6.12. The molecule has 0 unspecified atom stereocenters. The van der Waals surface area contributed by atoms with Crippen molar-refractivity contribution in [1.29, 1.82) is 0 Å². The summed E-state index contributed by atoms with van der Waals surface area (Å²) in [5.74, 6) is 0.0446. The van der Waals surface area contributed by atoms with E-state index in [2.05, 4.69) is 0 Å². The number of para-hydroxylation sites is 1. The van der Waals surface area contributed by atoms with Crippen LogP contribution >= 0.6 is 0 Å². The molecule has 1 saturated carbocycles. The average Bonchev–Trinajstić information content (AvgIpc) is 2.65. The second-order valence-electron chi connectivity index (χ2n) is 8.95. The summed E-state index contributed by atoms with van der Waals surface area (Å²) in [5, 5.41) is 0. The average molecular weight is 412 g/mol. The summed E-state index contributed by atoms with van der Waals surface area (Å²) in [7, 11) is 0. The van der Waals surface area contributed by atoms with E-state index in [4.69, 9.17) is 0 Å². The molecule has 0 radical (unpaired) electrons. The zero-order valence-electron chi connectivity index (χ0n) is 17.4. The first-order valence-electron chi connectivity index (χ1n) is 10.6. The number of rotatable bonds is 5. The van der Waals surface area contributed by atoms with Crippen LogP contribution in [-0.4, -0.2) is 66.2 Å². The predicted molar refractivity (Wildman–Crippen MR) is 109 cm³/mol. The van der Waals surface area contributed by atoms with Gasteiger partial charge in [-0.05, 0) is 38.8 Å². The lowest BCUT2D eigenvalue weighted by Gasteiger charge is -2.47. The van der Waals surface area contributed by atoms with Crippen molar-refractivity contribution in [2.45, 2.75) is 63.7 Å². The Bertz CT molecular complexity index is 672. The number of amides is 1. The summed E-state index contributed by atoms with van der Waals surface area (Å²) in [6.45, 7) is 4.22. The van der Waals surface area contributed by atoms with Crippen LogP contribution in [-0.2, 0) is 4.79 Å². The molecule has 1 aliphatic heterocycles. The Morgan fingerprint density at radius 1 is 1.10 bits per heavy atom. The number of hydrogen-bond donors (Lipinski definition) is 0. The number of alkyl halides is 3. The van der Waals surface area contributed by atoms with E-state index in [9.17, 15) is 18.0 Å². The quantitative estimate of drug-likeness (QED) is 0.722. The lowest BCUT2D eigenvalue weighted by Crippen LogP contribution is -2.62. The van der Waals surface area contributed by atoms with Gasteiger partial charge in [-0.2, -0.15) is 13.2 Å². The van der Waals surface area contributed by atoms with Gasteiger partial charge in [-0.25, -0.2) is 0 Å². The first-order chi connectivity index (χ1) is 13.7. The molecule has 1 saturated heterocycles. The van der Waals surface area contributed by atoms with E-state index >= 15 is 0 Å². The van der Waals surface area contributed by atoms with Gasteiger partial charge in [0.15, 0.2) is 0 Å². The molecule has 29 heavy (non-hydrogen) atoms. The van der Waals surface area contributed by atoms with E-state index in [1.165, 1.54) is 11.3 Å². The van der Waals surface area contributed by atoms with Crippen molar-refractivity contribution in [3.8, 4) is 0 Å². The van der Waals surface area contributed by atoms with Crippen LogP contribution in [0.2, 0.25) is 0 Å². The Labute approximate surface area is 171 Å². The number of nitrogens with zero attached hydrogens (tertiary/aromatic N) is 3. The monoisotopic (exact) mass is 411 g/mol. The molecule has 0 spiro atoms. The van der Waals surface area contributed by atoms with Gasteiger partial charge in [-0.1, -0.05) is 37.5 Å². The molecule has 1 aromatic carbocycles. The minimum Gasteiger partial charge on any atom is -0.308 e. The van der Waals surface area contributed by atoms with Gasteiger partial charge in [0.2, 0.25) is 5.91 Å². The molecule has 2 aliphatic rings. The van der Waals surface area contributed by atoms with Crippen LogP contribution in [0.25, 0.3) is 0 Å². The number of carbonyl (C=O) groups is 1. The van der Waals surface area contributed by atoms with Crippen molar-refractivity contribution in [3.05, 3.63) is 30.3 Å². The molecule has 162 valence electrons. The molecule has 1 heterocycles. The fourth-order valence-corrected chi connectivity index (χ4v) is 4.69. The topological polar surface area (TPSA) is 26.8 Å². The van der Waals surface area contributed by atoms with Gasteiger partial charge < -0.3 is 4.90 Å². The maximum Gasteiger partial charge on any atom is 0.401 e. The second kappa shape index (κ2) is 9.04. The van der Waals surface area contributed by atoms with Crippen molar-refractivity contribution in [2.24, 2.45) is 0 Å². The largest absolute Gasteiger partial charge is 0.401 e. The first-order valence-corrected chi connectivity index (χ1v) is 10.6. The van der Waals surface area contributed by atoms with Crippen LogP contribution in [0.1, 0.15) is 46.0 Å². The molecule has 0 N–H and O–H groups in total. The highest BCUT2D eigenvalue weighted by atomic mass is 19.4. The van der Waals surface area contributed by atoms with Crippen LogP contribution in [0, 0.1) is 0 Å². The van der Waals surface area contributed by atoms with Crippen molar-refractivity contribution in [3.63, 3.8) is 0 Å². The zero-order chi connectivity index (χ0) is 21.1. The van der Waals surface area contributed by atoms with Crippen molar-refractivity contribution in [1.82, 2.24) is 9.80 Å². The van der Waals surface area contributed by atoms with Gasteiger partial charge in [0.05, 0.1) is 13.1 Å². The molecule has 0 atom stereocenters. The summed E-state index contributed by atoms with van der Waals surface area (Å²) in [6, 6.07) is 9.97. The minimum atomic E-state index is -4.21. The molecule has 1 amide bonds. The second-order valence-corrected chi connectivity index (χ2v) is 8.95. The SMILES string of the molecule is CC1(C)CN(CC(=O)N(c2ccccc2)C2CCCCC2)CCN1CC(F)(F)F. The smallest absolute Gasteiger partial charge is 0.308 e. The summed E-state index contributed by atoms with van der Waals surface area (Å²) < 4.78 is 38.6. The number of piperazine rings is 1. The number of carbonyl (C=O) groups excluding carboxylic acids is 1. The molecule has 4 nitrogen and oxygen atoms in total. The van der Waals surface area contributed by atoms with Gasteiger partial charge in [0, 0.05) is 36.9 Å². The number of halogens is 3. The highest BCUT2D eigenvalue weighted by Gasteiger charge is 2.41. The summed E-state index contributed by atoms with van der Waals surface area (Å²) in [4.78, 5) is 18.7. The molecule has 0 aromatic heterocycles. The van der Waals surface area contributed by atoms with Crippen LogP contribution in [0.5, 0.6) is 0 Å². The number of benzene rings is 1. The third kappa shape index (κ3) is 5.95. The van der Waals surface area contributed by atoms with Crippen LogP contribution in [0.3, 0.4) is 0 Å². The fourth-order valence-electron chi connectivity index (χ4n) is 4.69. The van der Waals surface area contributed by atoms with Gasteiger partial charge in [0.1, 0.15) is 0 Å². The standard InChI is InChI=1S/C22H32F3N3O/c1-21(2)16-26(13-14-27(21)17-22(23,24)25)15-20(29)28(18-9-5-3-6-10-18)19-11-7-4-8-12-19/h3,5-6,9-10,19H,4,7-8,11-17H2,1-2H3. The fraction of sp³-hybridized carbons (Fsp3) is 0.682. The number of hydrogen-bond acceptors (Lipinski definition) is 3. The molecular formula is C22H32F3N3O. The van der Waals surface area contributed by atoms with Gasteiger partial charge in [-0.3, -0.25) is 14.6 Å². The lowest BCUT2D eigenvalue weighted by molar-refractivity contribution is -0.165. The van der Waals surface area contributed by atoms with Crippen LogP contribution in [0.4, 0.5) is 18.9 Å². The van der Waals surface area contributed by atoms with Crippen LogP contribution < -0.4 is 4.90 Å². The van der Waals surface area contributed by atoms with E-state index in [0.717, 1.165) is 31.4 Å². The lowest BCUT2D eigenvalue weighted by atomic mass is 9.93. The maximum atomic E-state index is 13.3. The van der Waals surface area contributed by atoms with Crippen molar-refractivity contribution < 1.29 is 18.0 Å². The Morgan fingerprint density at radius 3 is 2.34 bits per heavy atom. The Balaban J connectivity index is 1.68. The van der Waals surface area contributed by atoms with Crippen molar-refractivity contribution >= 4 is 11.6 Å². The summed E-state index contributed by atoms with van der Waals surface area (Å²) >= 11 is 0. The molecule has 1 aromatic rings. The molecule has 2 fully saturated rings. The van der Waals surface area contributed by atoms with E-state index in [-0.39, 0.29) is 18.5 Å². The van der Waals surface area contributed by atoms with Crippen LogP contribution in [0.15, 0.2) is 30.3 Å². The minimum absolute atomic E-state index is 0.0446. The Kier molecular flexibility index (Phi) is 6.89. The van der Waals surface area contributed by atoms with Crippen molar-refractivity contribution in [2.75, 3.05) is 37.6 Å². The molecule has 7 heteroatoms. The summed E-state index contributed by atoms with van der Waals surface area (Å²) in [6.07, 6.45) is 1.27. The first kappa shape index (κ1) is 22.1. The Morgan fingerprint density at radius 2 is 1.76 bits per heavy atom. The van der Waals surface area contributed by atoms with Gasteiger partial charge in [-0.15, -0.1) is 0 Å². The predicted octanol–water partition coefficient (Wildman–Crippen LogP) is 4.31. The van der Waals surface area contributed by atoms with E-state index in [0.29, 0.717) is 19.6 Å².